The third-order valence-corrected chi connectivity index (χ3v) is 1.99. The average Bonchev–Trinajstić information content (AvgIpc) is 2.26. The summed E-state index contributed by atoms with van der Waals surface area (Å²) >= 11 is 0. The van der Waals surface area contributed by atoms with Gasteiger partial charge < -0.3 is 15.7 Å². The number of nitrogens with one attached hydrogen (secondary N) is 2. The third-order valence-electron chi connectivity index (χ3n) is 1.99. The number of aromatic nitrogens is 2. The van der Waals surface area contributed by atoms with Crippen molar-refractivity contribution in [1.82, 2.24) is 9.97 Å². The maximum absolute atomic E-state index is 8.99. The Morgan fingerprint density at radius 2 is 2.14 bits per heavy atom. The van der Waals surface area contributed by atoms with Crippen molar-refractivity contribution >= 4 is 11.6 Å². The number of hydrogen-bond acceptors (Lipinski definition) is 5. The van der Waals surface area contributed by atoms with Crippen molar-refractivity contribution in [2.45, 2.75) is 19.4 Å². The summed E-state index contributed by atoms with van der Waals surface area (Å²) in [5.41, 5.74) is 0. The van der Waals surface area contributed by atoms with Gasteiger partial charge in [0.2, 0.25) is 0 Å². The summed E-state index contributed by atoms with van der Waals surface area (Å²) in [6, 6.07) is 1.85. The Bertz CT molecular complexity index is 275. The smallest absolute Gasteiger partial charge is 0.131 e. The van der Waals surface area contributed by atoms with Crippen LogP contribution in [-0.2, 0) is 0 Å². The van der Waals surface area contributed by atoms with Gasteiger partial charge in [-0.3, -0.25) is 0 Å². The second-order valence-corrected chi connectivity index (χ2v) is 2.97. The quantitative estimate of drug-likeness (QED) is 0.646. The van der Waals surface area contributed by atoms with Gasteiger partial charge in [-0.1, -0.05) is 6.92 Å². The molecule has 1 atom stereocenters. The Labute approximate surface area is 83.6 Å². The molecule has 1 heterocycles. The van der Waals surface area contributed by atoms with Crippen LogP contribution in [-0.4, -0.2) is 34.8 Å². The Hall–Kier alpha value is -1.36. The largest absolute Gasteiger partial charge is 0.394 e. The first-order valence-corrected chi connectivity index (χ1v) is 4.67. The van der Waals surface area contributed by atoms with E-state index in [-0.39, 0.29) is 12.6 Å². The SMILES string of the molecule is CCC(CO)Nc1cc(NC)ncn1. The molecule has 0 aliphatic carbocycles. The molecule has 1 unspecified atom stereocenters. The van der Waals surface area contributed by atoms with E-state index in [0.717, 1.165) is 18.1 Å². The fourth-order valence-corrected chi connectivity index (χ4v) is 1.06. The van der Waals surface area contributed by atoms with Crippen LogP contribution >= 0.6 is 0 Å². The number of aliphatic hydroxyl groups excluding tert-OH is 1. The maximum atomic E-state index is 8.99. The van der Waals surface area contributed by atoms with Crippen molar-refractivity contribution < 1.29 is 5.11 Å². The van der Waals surface area contributed by atoms with Crippen LogP contribution in [0, 0.1) is 0 Å². The lowest BCUT2D eigenvalue weighted by atomic mass is 10.2. The number of nitrogens with zero attached hydrogens (tertiary/aromatic N) is 2. The van der Waals surface area contributed by atoms with E-state index in [9.17, 15) is 0 Å². The first-order chi connectivity index (χ1) is 6.80. The molecule has 1 aromatic heterocycles. The lowest BCUT2D eigenvalue weighted by Crippen LogP contribution is -2.23. The van der Waals surface area contributed by atoms with Gasteiger partial charge in [0, 0.05) is 13.1 Å². The van der Waals surface area contributed by atoms with Crippen molar-refractivity contribution in [2.24, 2.45) is 0 Å². The molecule has 0 saturated carbocycles. The van der Waals surface area contributed by atoms with Gasteiger partial charge in [0.15, 0.2) is 0 Å². The van der Waals surface area contributed by atoms with Crippen LogP contribution in [0.2, 0.25) is 0 Å². The van der Waals surface area contributed by atoms with Gasteiger partial charge in [-0.25, -0.2) is 9.97 Å². The Morgan fingerprint density at radius 3 is 2.71 bits per heavy atom. The molecule has 0 bridgehead atoms. The highest BCUT2D eigenvalue weighted by molar-refractivity contribution is 5.46. The Kier molecular flexibility index (Phi) is 4.12. The van der Waals surface area contributed by atoms with Crippen molar-refractivity contribution in [3.63, 3.8) is 0 Å². The first-order valence-electron chi connectivity index (χ1n) is 4.67. The van der Waals surface area contributed by atoms with Crippen LogP contribution < -0.4 is 10.6 Å². The van der Waals surface area contributed by atoms with Gasteiger partial charge in [0.25, 0.3) is 0 Å². The van der Waals surface area contributed by atoms with Gasteiger partial charge in [0.1, 0.15) is 18.0 Å². The topological polar surface area (TPSA) is 70.1 Å². The molecule has 0 amide bonds. The fraction of sp³-hybridized carbons (Fsp3) is 0.556. The second kappa shape index (κ2) is 5.39. The summed E-state index contributed by atoms with van der Waals surface area (Å²) in [6.07, 6.45) is 2.34. The van der Waals surface area contributed by atoms with Gasteiger partial charge in [-0.2, -0.15) is 0 Å². The molecule has 78 valence electrons. The molecule has 0 aliphatic rings. The van der Waals surface area contributed by atoms with E-state index in [1.165, 1.54) is 6.33 Å². The van der Waals surface area contributed by atoms with Gasteiger partial charge >= 0.3 is 0 Å². The molecule has 0 spiro atoms. The molecule has 0 aliphatic heterocycles. The minimum absolute atomic E-state index is 0.0506. The second-order valence-electron chi connectivity index (χ2n) is 2.97. The molecular formula is C9H16N4O. The lowest BCUT2D eigenvalue weighted by Gasteiger charge is -2.14. The van der Waals surface area contributed by atoms with E-state index in [0.29, 0.717) is 0 Å². The summed E-state index contributed by atoms with van der Waals surface area (Å²) in [7, 11) is 1.80. The van der Waals surface area contributed by atoms with Crippen molar-refractivity contribution in [3.8, 4) is 0 Å². The summed E-state index contributed by atoms with van der Waals surface area (Å²) in [5.74, 6) is 1.49. The Balaban J connectivity index is 2.65. The molecule has 0 fully saturated rings. The molecule has 1 rings (SSSR count). The monoisotopic (exact) mass is 196 g/mol. The minimum Gasteiger partial charge on any atom is -0.394 e. The van der Waals surface area contributed by atoms with Crippen molar-refractivity contribution in [1.29, 1.82) is 0 Å². The molecule has 5 nitrogen and oxygen atoms in total. The normalized spacial score (nSPS) is 12.2. The van der Waals surface area contributed by atoms with Crippen molar-refractivity contribution in [2.75, 3.05) is 24.3 Å². The number of aliphatic hydroxyl groups is 1. The van der Waals surface area contributed by atoms with E-state index < -0.39 is 0 Å². The summed E-state index contributed by atoms with van der Waals surface area (Å²) in [5, 5.41) is 15.0. The zero-order chi connectivity index (χ0) is 10.4. The van der Waals surface area contributed by atoms with Crippen molar-refractivity contribution in [3.05, 3.63) is 12.4 Å². The predicted molar refractivity (Wildman–Crippen MR) is 56.4 cm³/mol. The van der Waals surface area contributed by atoms with Crippen LogP contribution in [0.5, 0.6) is 0 Å². The highest BCUT2D eigenvalue weighted by atomic mass is 16.3. The third kappa shape index (κ3) is 2.85. The van der Waals surface area contributed by atoms with Crippen LogP contribution in [0.3, 0.4) is 0 Å². The van der Waals surface area contributed by atoms with Crippen LogP contribution in [0.15, 0.2) is 12.4 Å². The molecule has 0 saturated heterocycles. The van der Waals surface area contributed by atoms with E-state index >= 15 is 0 Å². The molecule has 3 N–H and O–H groups in total. The van der Waals surface area contributed by atoms with E-state index in [4.69, 9.17) is 5.11 Å². The van der Waals surface area contributed by atoms with E-state index in [2.05, 4.69) is 20.6 Å². The number of anilines is 2. The molecule has 1 aromatic rings. The molecule has 0 aromatic carbocycles. The zero-order valence-corrected chi connectivity index (χ0v) is 8.49. The molecule has 5 heteroatoms. The summed E-state index contributed by atoms with van der Waals surface area (Å²) < 4.78 is 0. The van der Waals surface area contributed by atoms with Gasteiger partial charge in [0.05, 0.1) is 12.6 Å². The van der Waals surface area contributed by atoms with E-state index in [1.54, 1.807) is 13.1 Å². The standard InChI is InChI=1S/C9H16N4O/c1-3-7(5-14)13-9-4-8(10-2)11-6-12-9/h4,6-7,14H,3,5H2,1-2H3,(H2,10,11,12,13). The summed E-state index contributed by atoms with van der Waals surface area (Å²) in [6.45, 7) is 2.11. The molecule has 0 radical (unpaired) electrons. The van der Waals surface area contributed by atoms with Crippen LogP contribution in [0.1, 0.15) is 13.3 Å². The molecule has 14 heavy (non-hydrogen) atoms. The predicted octanol–water partition coefficient (Wildman–Crippen LogP) is 0.701. The fourth-order valence-electron chi connectivity index (χ4n) is 1.06. The number of hydrogen-bond donors (Lipinski definition) is 3. The average molecular weight is 196 g/mol. The lowest BCUT2D eigenvalue weighted by molar-refractivity contribution is 0.271. The first kappa shape index (κ1) is 10.7. The van der Waals surface area contributed by atoms with Gasteiger partial charge in [-0.15, -0.1) is 0 Å². The van der Waals surface area contributed by atoms with Crippen LogP contribution in [0.25, 0.3) is 0 Å². The van der Waals surface area contributed by atoms with Crippen LogP contribution in [0.4, 0.5) is 11.6 Å². The summed E-state index contributed by atoms with van der Waals surface area (Å²) in [4.78, 5) is 8.04. The molecular weight excluding hydrogens is 180 g/mol. The van der Waals surface area contributed by atoms with Gasteiger partial charge in [-0.05, 0) is 6.42 Å². The zero-order valence-electron chi connectivity index (χ0n) is 8.49. The Morgan fingerprint density at radius 1 is 1.43 bits per heavy atom. The highest BCUT2D eigenvalue weighted by Gasteiger charge is 2.05. The maximum Gasteiger partial charge on any atom is 0.131 e. The van der Waals surface area contributed by atoms with E-state index in [1.807, 2.05) is 6.92 Å². The number of rotatable bonds is 5. The highest BCUT2D eigenvalue weighted by Crippen LogP contribution is 2.09. The minimum atomic E-state index is 0.0506.